The average Bonchev–Trinajstić information content (AvgIpc) is 2.31. The summed E-state index contributed by atoms with van der Waals surface area (Å²) in [4.78, 5) is 8.68. The monoisotopic (exact) mass is 262 g/mol. The van der Waals surface area contributed by atoms with Gasteiger partial charge in [-0.2, -0.15) is 0 Å². The van der Waals surface area contributed by atoms with Crippen molar-refractivity contribution >= 4 is 15.9 Å². The summed E-state index contributed by atoms with van der Waals surface area (Å²) in [6.07, 6.45) is 2.60. The van der Waals surface area contributed by atoms with Crippen LogP contribution in [0.5, 0.6) is 0 Å². The van der Waals surface area contributed by atoms with Gasteiger partial charge in [0.15, 0.2) is 0 Å². The third-order valence-electron chi connectivity index (χ3n) is 2.11. The molecule has 1 aromatic carbocycles. The number of nitrogens with zero attached hydrogens (tertiary/aromatic N) is 2. The van der Waals surface area contributed by atoms with Gasteiger partial charge in [0.05, 0.1) is 5.69 Å². The Kier molecular flexibility index (Phi) is 3.45. The predicted octanol–water partition coefficient (Wildman–Crippen LogP) is 2.96. The smallest absolute Gasteiger partial charge is 0.132 e. The van der Waals surface area contributed by atoms with Crippen LogP contribution < -0.4 is 0 Å². The van der Waals surface area contributed by atoms with Crippen LogP contribution in [0, 0.1) is 0 Å². The van der Waals surface area contributed by atoms with Crippen molar-refractivity contribution in [3.63, 3.8) is 0 Å². The van der Waals surface area contributed by atoms with Gasteiger partial charge in [0.1, 0.15) is 5.82 Å². The molecule has 0 aliphatic carbocycles. The third kappa shape index (κ3) is 2.86. The van der Waals surface area contributed by atoms with Crippen molar-refractivity contribution in [2.45, 2.75) is 11.8 Å². The fourth-order valence-corrected chi connectivity index (χ4v) is 1.69. The molecule has 2 rings (SSSR count). The molecule has 0 bridgehead atoms. The summed E-state index contributed by atoms with van der Waals surface area (Å²) in [5.41, 5.74) is 2.26. The number of alkyl halides is 1. The Morgan fingerprint density at radius 1 is 1.07 bits per heavy atom. The minimum atomic E-state index is 0.775. The van der Waals surface area contributed by atoms with Crippen LogP contribution in [0.4, 0.5) is 0 Å². The summed E-state index contributed by atoms with van der Waals surface area (Å²) in [5, 5.41) is 0.775. The number of aromatic nitrogens is 2. The maximum atomic E-state index is 4.43. The van der Waals surface area contributed by atoms with Crippen LogP contribution in [0.25, 0.3) is 0 Å². The van der Waals surface area contributed by atoms with E-state index in [2.05, 4.69) is 38.0 Å². The summed E-state index contributed by atoms with van der Waals surface area (Å²) in [6.45, 7) is 0. The van der Waals surface area contributed by atoms with Gasteiger partial charge in [-0.3, -0.25) is 0 Å². The minimum Gasteiger partial charge on any atom is -0.241 e. The summed E-state index contributed by atoms with van der Waals surface area (Å²) in [6, 6.07) is 12.2. The highest BCUT2D eigenvalue weighted by Crippen LogP contribution is 2.06. The van der Waals surface area contributed by atoms with Gasteiger partial charge in [-0.05, 0) is 11.6 Å². The Bertz CT molecular complexity index is 429. The Morgan fingerprint density at radius 2 is 1.87 bits per heavy atom. The summed E-state index contributed by atoms with van der Waals surface area (Å²) >= 11 is 3.39. The second-order valence-corrected chi connectivity index (χ2v) is 3.82. The van der Waals surface area contributed by atoms with Gasteiger partial charge in [-0.1, -0.05) is 46.3 Å². The lowest BCUT2D eigenvalue weighted by molar-refractivity contribution is 0.939. The fraction of sp³-hybridized carbons (Fsp3) is 0.167. The third-order valence-corrected chi connectivity index (χ3v) is 2.68. The lowest BCUT2D eigenvalue weighted by Gasteiger charge is -2.01. The van der Waals surface area contributed by atoms with Crippen molar-refractivity contribution in [1.82, 2.24) is 9.97 Å². The first-order valence-electron chi connectivity index (χ1n) is 4.79. The van der Waals surface area contributed by atoms with Crippen molar-refractivity contribution in [3.8, 4) is 0 Å². The zero-order valence-electron chi connectivity index (χ0n) is 8.23. The summed E-state index contributed by atoms with van der Waals surface area (Å²) < 4.78 is 0. The van der Waals surface area contributed by atoms with Crippen molar-refractivity contribution in [2.75, 3.05) is 0 Å². The van der Waals surface area contributed by atoms with Gasteiger partial charge < -0.3 is 0 Å². The highest BCUT2D eigenvalue weighted by atomic mass is 79.9. The Balaban J connectivity index is 2.17. The molecule has 0 aliphatic rings. The van der Waals surface area contributed by atoms with E-state index in [1.165, 1.54) is 5.56 Å². The quantitative estimate of drug-likeness (QED) is 0.795. The lowest BCUT2D eigenvalue weighted by atomic mass is 10.1. The van der Waals surface area contributed by atoms with Crippen LogP contribution in [-0.2, 0) is 11.8 Å². The first kappa shape index (κ1) is 10.3. The van der Waals surface area contributed by atoms with Crippen molar-refractivity contribution in [1.29, 1.82) is 0 Å². The second kappa shape index (κ2) is 5.03. The zero-order chi connectivity index (χ0) is 10.5. The van der Waals surface area contributed by atoms with E-state index in [9.17, 15) is 0 Å². The number of benzene rings is 1. The average molecular weight is 263 g/mol. The molecule has 0 radical (unpaired) electrons. The SMILES string of the molecule is BrCc1ccnc(Cc2ccccc2)n1. The zero-order valence-corrected chi connectivity index (χ0v) is 9.81. The van der Waals surface area contributed by atoms with Crippen LogP contribution in [-0.4, -0.2) is 9.97 Å². The molecule has 0 unspecified atom stereocenters. The van der Waals surface area contributed by atoms with Gasteiger partial charge in [0.2, 0.25) is 0 Å². The maximum absolute atomic E-state index is 4.43. The molecule has 0 amide bonds. The minimum absolute atomic E-state index is 0.775. The molecule has 2 nitrogen and oxygen atoms in total. The molecule has 0 aliphatic heterocycles. The van der Waals surface area contributed by atoms with Gasteiger partial charge in [-0.25, -0.2) is 9.97 Å². The van der Waals surface area contributed by atoms with Crippen molar-refractivity contribution < 1.29 is 0 Å². The van der Waals surface area contributed by atoms with Gasteiger partial charge >= 0.3 is 0 Å². The molecule has 0 fully saturated rings. The molecule has 76 valence electrons. The molecule has 3 heteroatoms. The Hall–Kier alpha value is -1.22. The largest absolute Gasteiger partial charge is 0.241 e. The van der Waals surface area contributed by atoms with Crippen LogP contribution >= 0.6 is 15.9 Å². The Labute approximate surface area is 97.5 Å². The van der Waals surface area contributed by atoms with E-state index in [1.807, 2.05) is 30.5 Å². The Morgan fingerprint density at radius 3 is 2.60 bits per heavy atom. The van der Waals surface area contributed by atoms with E-state index in [0.29, 0.717) is 0 Å². The van der Waals surface area contributed by atoms with Crippen molar-refractivity contribution in [2.24, 2.45) is 0 Å². The predicted molar refractivity (Wildman–Crippen MR) is 63.9 cm³/mol. The van der Waals surface area contributed by atoms with E-state index in [-0.39, 0.29) is 0 Å². The van der Waals surface area contributed by atoms with Gasteiger partial charge in [0.25, 0.3) is 0 Å². The topological polar surface area (TPSA) is 25.8 Å². The van der Waals surface area contributed by atoms with Crippen molar-refractivity contribution in [3.05, 3.63) is 59.7 Å². The summed E-state index contributed by atoms with van der Waals surface area (Å²) in [7, 11) is 0. The molecule has 1 aromatic heterocycles. The van der Waals surface area contributed by atoms with E-state index < -0.39 is 0 Å². The van der Waals surface area contributed by atoms with Crippen LogP contribution in [0.3, 0.4) is 0 Å². The van der Waals surface area contributed by atoms with Crippen LogP contribution in [0.1, 0.15) is 17.1 Å². The molecule has 15 heavy (non-hydrogen) atoms. The second-order valence-electron chi connectivity index (χ2n) is 3.26. The first-order valence-corrected chi connectivity index (χ1v) is 5.91. The van der Waals surface area contributed by atoms with E-state index >= 15 is 0 Å². The molecular weight excluding hydrogens is 252 g/mol. The standard InChI is InChI=1S/C12H11BrN2/c13-9-11-6-7-14-12(15-11)8-10-4-2-1-3-5-10/h1-7H,8-9H2. The highest BCUT2D eigenvalue weighted by Gasteiger charge is 1.99. The number of halogens is 1. The summed E-state index contributed by atoms with van der Waals surface area (Å²) in [5.74, 6) is 0.873. The van der Waals surface area contributed by atoms with Gasteiger partial charge in [-0.15, -0.1) is 0 Å². The number of hydrogen-bond acceptors (Lipinski definition) is 2. The lowest BCUT2D eigenvalue weighted by Crippen LogP contribution is -1.98. The maximum Gasteiger partial charge on any atom is 0.132 e. The molecule has 0 atom stereocenters. The number of rotatable bonds is 3. The molecule has 1 heterocycles. The first-order chi connectivity index (χ1) is 7.38. The van der Waals surface area contributed by atoms with Crippen LogP contribution in [0.2, 0.25) is 0 Å². The molecule has 0 spiro atoms. The highest BCUT2D eigenvalue weighted by molar-refractivity contribution is 9.08. The molecule has 0 N–H and O–H groups in total. The molecule has 0 saturated carbocycles. The molecular formula is C12H11BrN2. The normalized spacial score (nSPS) is 10.2. The fourth-order valence-electron chi connectivity index (χ4n) is 1.38. The van der Waals surface area contributed by atoms with E-state index in [1.54, 1.807) is 0 Å². The van der Waals surface area contributed by atoms with Crippen LogP contribution in [0.15, 0.2) is 42.6 Å². The van der Waals surface area contributed by atoms with E-state index in [0.717, 1.165) is 23.3 Å². The van der Waals surface area contributed by atoms with Gasteiger partial charge in [0, 0.05) is 17.9 Å². The number of hydrogen-bond donors (Lipinski definition) is 0. The molecule has 2 aromatic rings. The molecule has 0 saturated heterocycles. The van der Waals surface area contributed by atoms with E-state index in [4.69, 9.17) is 0 Å².